The molecule has 0 aromatic heterocycles. The first-order valence-corrected chi connectivity index (χ1v) is 17.4. The minimum absolute atomic E-state index is 0.545. The van der Waals surface area contributed by atoms with Crippen LogP contribution < -0.4 is 9.80 Å². The second-order valence-electron chi connectivity index (χ2n) is 13.3. The third-order valence-electron chi connectivity index (χ3n) is 9.44. The van der Waals surface area contributed by atoms with Gasteiger partial charge in [0, 0.05) is 37.6 Å². The van der Waals surface area contributed by atoms with E-state index in [2.05, 4.69) is 58.3 Å². The summed E-state index contributed by atoms with van der Waals surface area (Å²) in [6.45, 7) is 8.43. The van der Waals surface area contributed by atoms with Crippen molar-refractivity contribution in [2.45, 2.75) is 108 Å². The highest BCUT2D eigenvalue weighted by Crippen LogP contribution is 2.25. The Morgan fingerprint density at radius 3 is 0.953 bits per heavy atom. The van der Waals surface area contributed by atoms with Gasteiger partial charge in [-0.2, -0.15) is 0 Å². The van der Waals surface area contributed by atoms with Crippen molar-refractivity contribution in [1.29, 1.82) is 0 Å². The number of benzene rings is 2. The molecule has 4 aliphatic heterocycles. The van der Waals surface area contributed by atoms with Gasteiger partial charge in [-0.05, 0) is 119 Å². The van der Waals surface area contributed by atoms with Gasteiger partial charge in [0.15, 0.2) is 0 Å². The van der Waals surface area contributed by atoms with E-state index in [0.29, 0.717) is 24.4 Å². The zero-order valence-electron chi connectivity index (χ0n) is 26.3. The maximum Gasteiger partial charge on any atom is 0.0810 e. The zero-order valence-corrected chi connectivity index (χ0v) is 26.3. The Hall–Kier alpha value is -2.12. The molecule has 2 aromatic carbocycles. The number of unbranched alkanes of at least 4 members (excludes halogenated alkanes) is 4. The summed E-state index contributed by atoms with van der Waals surface area (Å²) in [5, 5.41) is 0. The van der Waals surface area contributed by atoms with Gasteiger partial charge in [0.05, 0.1) is 50.8 Å². The van der Waals surface area contributed by atoms with Crippen LogP contribution in [0, 0.1) is 0 Å². The van der Waals surface area contributed by atoms with E-state index < -0.39 is 0 Å². The molecule has 6 rings (SSSR count). The largest absolute Gasteiger partial charge is 0.373 e. The van der Waals surface area contributed by atoms with Crippen molar-refractivity contribution < 1.29 is 18.9 Å². The summed E-state index contributed by atoms with van der Waals surface area (Å²) in [6, 6.07) is 18.7. The molecule has 0 amide bonds. The summed E-state index contributed by atoms with van der Waals surface area (Å²) in [5.74, 6) is 0. The van der Waals surface area contributed by atoms with E-state index in [1.807, 2.05) is 0 Å². The maximum atomic E-state index is 5.41. The average molecular weight is 591 g/mol. The minimum Gasteiger partial charge on any atom is -0.373 e. The Bertz CT molecular complexity index is 936. The molecule has 4 heterocycles. The predicted molar refractivity (Wildman–Crippen MR) is 174 cm³/mol. The van der Waals surface area contributed by atoms with Crippen LogP contribution >= 0.6 is 0 Å². The van der Waals surface area contributed by atoms with E-state index >= 15 is 0 Å². The lowest BCUT2D eigenvalue weighted by atomic mass is 10.0. The summed E-state index contributed by atoms with van der Waals surface area (Å²) >= 11 is 0. The van der Waals surface area contributed by atoms with Crippen LogP contribution in [0.25, 0.3) is 0 Å². The molecule has 6 heteroatoms. The normalized spacial score (nSPS) is 23.3. The summed E-state index contributed by atoms with van der Waals surface area (Å²) in [7, 11) is 0. The molecule has 0 bridgehead atoms. The van der Waals surface area contributed by atoms with Crippen LogP contribution in [0.4, 0.5) is 11.4 Å². The van der Waals surface area contributed by atoms with Crippen LogP contribution in [0.5, 0.6) is 0 Å². The third-order valence-corrected chi connectivity index (χ3v) is 9.44. The Morgan fingerprint density at radius 1 is 0.419 bits per heavy atom. The monoisotopic (exact) mass is 590 g/mol. The van der Waals surface area contributed by atoms with Crippen LogP contribution in [0.3, 0.4) is 0 Å². The second kappa shape index (κ2) is 16.3. The van der Waals surface area contributed by atoms with E-state index in [1.54, 1.807) is 0 Å². The van der Waals surface area contributed by atoms with Crippen molar-refractivity contribution in [3.63, 3.8) is 0 Å². The van der Waals surface area contributed by atoms with E-state index in [4.69, 9.17) is 18.9 Å². The van der Waals surface area contributed by atoms with Crippen LogP contribution in [-0.4, -0.2) is 77.0 Å². The molecule has 0 saturated carbocycles. The van der Waals surface area contributed by atoms with Gasteiger partial charge < -0.3 is 28.7 Å². The lowest BCUT2D eigenvalue weighted by molar-refractivity contribution is 0.387. The SMILES string of the molecule is c1cc(N(CCCCC2CO2)CCCCC2CO2)ccc1Cc1ccc(N(CCCCC2CO2)CCCCC2CO2)cc1. The van der Waals surface area contributed by atoms with Crippen LogP contribution in [0.1, 0.15) is 88.2 Å². The average Bonchev–Trinajstić information content (AvgIpc) is 3.82. The number of hydrogen-bond acceptors (Lipinski definition) is 6. The molecule has 4 atom stereocenters. The van der Waals surface area contributed by atoms with Gasteiger partial charge >= 0.3 is 0 Å². The van der Waals surface area contributed by atoms with Crippen molar-refractivity contribution in [2.75, 3.05) is 62.4 Å². The third kappa shape index (κ3) is 11.7. The van der Waals surface area contributed by atoms with Crippen LogP contribution in [0.2, 0.25) is 0 Å². The van der Waals surface area contributed by atoms with E-state index in [0.717, 1.165) is 59.0 Å². The molecule has 0 radical (unpaired) electrons. The van der Waals surface area contributed by atoms with Crippen molar-refractivity contribution in [3.05, 3.63) is 59.7 Å². The Labute approximate surface area is 260 Å². The van der Waals surface area contributed by atoms with Gasteiger partial charge in [-0.1, -0.05) is 24.3 Å². The molecule has 2 aromatic rings. The highest BCUT2D eigenvalue weighted by molar-refractivity contribution is 5.50. The van der Waals surface area contributed by atoms with Crippen molar-refractivity contribution in [3.8, 4) is 0 Å². The van der Waals surface area contributed by atoms with Crippen molar-refractivity contribution in [1.82, 2.24) is 0 Å². The minimum atomic E-state index is 0.545. The van der Waals surface area contributed by atoms with E-state index in [-0.39, 0.29) is 0 Å². The smallest absolute Gasteiger partial charge is 0.0810 e. The number of anilines is 2. The van der Waals surface area contributed by atoms with E-state index in [9.17, 15) is 0 Å². The fraction of sp³-hybridized carbons (Fsp3) is 0.676. The Kier molecular flexibility index (Phi) is 11.7. The van der Waals surface area contributed by atoms with Crippen LogP contribution in [-0.2, 0) is 25.4 Å². The molecule has 4 saturated heterocycles. The summed E-state index contributed by atoms with van der Waals surface area (Å²) < 4.78 is 21.6. The quantitative estimate of drug-likeness (QED) is 0.0955. The molecule has 4 fully saturated rings. The lowest BCUT2D eigenvalue weighted by Gasteiger charge is -2.26. The number of epoxide rings is 4. The van der Waals surface area contributed by atoms with Gasteiger partial charge in [0.25, 0.3) is 0 Å². The number of rotatable bonds is 24. The Morgan fingerprint density at radius 2 is 0.698 bits per heavy atom. The fourth-order valence-corrected chi connectivity index (χ4v) is 6.26. The summed E-state index contributed by atoms with van der Waals surface area (Å²) in [4.78, 5) is 5.20. The summed E-state index contributed by atoms with van der Waals surface area (Å²) in [6.07, 6.45) is 18.0. The number of nitrogens with zero attached hydrogens (tertiary/aromatic N) is 2. The number of hydrogen-bond donors (Lipinski definition) is 0. The zero-order chi connectivity index (χ0) is 29.1. The molecule has 0 N–H and O–H groups in total. The first kappa shape index (κ1) is 30.9. The Balaban J connectivity index is 0.985. The maximum absolute atomic E-state index is 5.41. The van der Waals surface area contributed by atoms with Gasteiger partial charge in [-0.25, -0.2) is 0 Å². The molecule has 4 aliphatic rings. The molecule has 236 valence electrons. The molecular formula is C37H54N2O4. The predicted octanol–water partition coefficient (Wildman–Crippen LogP) is 7.17. The van der Waals surface area contributed by atoms with Gasteiger partial charge in [-0.15, -0.1) is 0 Å². The second-order valence-corrected chi connectivity index (χ2v) is 13.3. The first-order valence-electron chi connectivity index (χ1n) is 17.4. The number of ether oxygens (including phenoxy) is 4. The van der Waals surface area contributed by atoms with Crippen molar-refractivity contribution >= 4 is 11.4 Å². The molecular weight excluding hydrogens is 536 g/mol. The molecule has 4 unspecified atom stereocenters. The standard InChI is InChI=1S/C37H54N2O4/c1(9-34-26-40-34)5-21-38(22-6-2-10-35-27-41-35)32-17-13-30(14-18-32)25-31-15-19-33(20-16-31)39(23-7-3-11-36-28-42-36)24-8-4-12-37-29-43-37/h13-20,34-37H,1-12,21-29H2. The molecule has 0 aliphatic carbocycles. The lowest BCUT2D eigenvalue weighted by Crippen LogP contribution is -2.26. The topological polar surface area (TPSA) is 56.6 Å². The molecule has 43 heavy (non-hydrogen) atoms. The van der Waals surface area contributed by atoms with Crippen LogP contribution in [0.15, 0.2) is 48.5 Å². The molecule has 6 nitrogen and oxygen atoms in total. The highest BCUT2D eigenvalue weighted by Gasteiger charge is 2.23. The summed E-state index contributed by atoms with van der Waals surface area (Å²) in [5.41, 5.74) is 5.49. The van der Waals surface area contributed by atoms with Crippen molar-refractivity contribution in [2.24, 2.45) is 0 Å². The fourth-order valence-electron chi connectivity index (χ4n) is 6.26. The van der Waals surface area contributed by atoms with E-state index in [1.165, 1.54) is 99.6 Å². The van der Waals surface area contributed by atoms with Gasteiger partial charge in [0.2, 0.25) is 0 Å². The highest BCUT2D eigenvalue weighted by atomic mass is 16.6. The van der Waals surface area contributed by atoms with Gasteiger partial charge in [-0.3, -0.25) is 0 Å². The molecule has 0 spiro atoms. The first-order chi connectivity index (χ1) is 21.3. The van der Waals surface area contributed by atoms with Gasteiger partial charge in [0.1, 0.15) is 0 Å².